The number of piperidine rings is 2. The number of hydrogen-bond donors (Lipinski definition) is 3. The van der Waals surface area contributed by atoms with E-state index >= 15 is 0 Å². The van der Waals surface area contributed by atoms with Crippen molar-refractivity contribution in [3.05, 3.63) is 34.2 Å². The number of aliphatic hydroxyl groups is 1. The van der Waals surface area contributed by atoms with Gasteiger partial charge in [0.1, 0.15) is 6.04 Å². The minimum atomic E-state index is -0.664. The van der Waals surface area contributed by atoms with Crippen LogP contribution in [-0.2, 0) is 16.6 Å². The van der Waals surface area contributed by atoms with Crippen LogP contribution in [0.5, 0.6) is 0 Å². The van der Waals surface area contributed by atoms with Crippen molar-refractivity contribution >= 4 is 22.8 Å². The molecule has 9 nitrogen and oxygen atoms in total. The molecule has 2 aromatic rings. The SMILES string of the molecule is Cn1c(=O)n(C2CCC(=O)NC2=O)c2ccc(C3CCN(CC4(O)CCC(N)CC4)CC3)cc21. The first kappa shape index (κ1) is 23.3. The molecule has 0 spiro atoms. The van der Waals surface area contributed by atoms with Crippen LogP contribution in [0.2, 0.25) is 0 Å². The highest BCUT2D eigenvalue weighted by atomic mass is 16.3. The van der Waals surface area contributed by atoms with E-state index in [-0.39, 0.29) is 24.1 Å². The largest absolute Gasteiger partial charge is 0.389 e. The van der Waals surface area contributed by atoms with Crippen molar-refractivity contribution in [2.45, 2.75) is 75.0 Å². The van der Waals surface area contributed by atoms with Crippen LogP contribution >= 0.6 is 0 Å². The number of nitrogens with two attached hydrogens (primary N) is 1. The maximum atomic E-state index is 13.0. The van der Waals surface area contributed by atoms with Gasteiger partial charge in [-0.05, 0) is 81.6 Å². The Balaban J connectivity index is 1.30. The standard InChI is InChI=1S/C25H35N5O4/c1-28-21-14-17(2-3-19(21)30(24(28)33)20-4-5-22(31)27-23(20)32)16-8-12-29(13-9-16)15-25(34)10-6-18(26)7-11-25/h2-3,14,16,18,20,34H,4-13,15,26H2,1H3,(H,27,31,32). The van der Waals surface area contributed by atoms with Gasteiger partial charge < -0.3 is 15.7 Å². The number of imidazole rings is 1. The Morgan fingerprint density at radius 1 is 1.06 bits per heavy atom. The normalized spacial score (nSPS) is 29.5. The minimum Gasteiger partial charge on any atom is -0.389 e. The molecule has 184 valence electrons. The fourth-order valence-electron chi connectivity index (χ4n) is 6.04. The summed E-state index contributed by atoms with van der Waals surface area (Å²) in [5.74, 6) is -0.310. The quantitative estimate of drug-likeness (QED) is 0.577. The third kappa shape index (κ3) is 4.32. The van der Waals surface area contributed by atoms with Gasteiger partial charge in [0, 0.05) is 26.1 Å². The van der Waals surface area contributed by atoms with E-state index < -0.39 is 17.6 Å². The fraction of sp³-hybridized carbons (Fsp3) is 0.640. The summed E-state index contributed by atoms with van der Waals surface area (Å²) < 4.78 is 3.13. The minimum absolute atomic E-state index is 0.224. The van der Waals surface area contributed by atoms with E-state index in [0.717, 1.165) is 69.2 Å². The molecule has 1 atom stereocenters. The van der Waals surface area contributed by atoms with Crippen LogP contribution in [0.15, 0.2) is 23.0 Å². The number of aryl methyl sites for hydroxylation is 1. The Hall–Kier alpha value is -2.49. The molecule has 0 bridgehead atoms. The Kier molecular flexibility index (Phi) is 6.12. The lowest BCUT2D eigenvalue weighted by atomic mass is 9.81. The monoisotopic (exact) mass is 469 g/mol. The third-order valence-electron chi connectivity index (χ3n) is 8.17. The smallest absolute Gasteiger partial charge is 0.329 e. The highest BCUT2D eigenvalue weighted by Crippen LogP contribution is 2.34. The second-order valence-corrected chi connectivity index (χ2v) is 10.5. The third-order valence-corrected chi connectivity index (χ3v) is 8.17. The Labute approximate surface area is 198 Å². The predicted octanol–water partition coefficient (Wildman–Crippen LogP) is 1.13. The Morgan fingerprint density at radius 3 is 2.44 bits per heavy atom. The molecule has 1 aromatic carbocycles. The van der Waals surface area contributed by atoms with E-state index in [0.29, 0.717) is 12.3 Å². The molecule has 2 aliphatic heterocycles. The van der Waals surface area contributed by atoms with Gasteiger partial charge in [-0.15, -0.1) is 0 Å². The van der Waals surface area contributed by atoms with Crippen molar-refractivity contribution < 1.29 is 14.7 Å². The van der Waals surface area contributed by atoms with E-state index in [1.807, 2.05) is 6.07 Å². The maximum Gasteiger partial charge on any atom is 0.329 e. The number of amides is 2. The molecule has 5 rings (SSSR count). The molecule has 3 fully saturated rings. The van der Waals surface area contributed by atoms with Crippen molar-refractivity contribution in [2.24, 2.45) is 12.8 Å². The highest BCUT2D eigenvalue weighted by Gasteiger charge is 2.35. The topological polar surface area (TPSA) is 123 Å². The predicted molar refractivity (Wildman–Crippen MR) is 128 cm³/mol. The van der Waals surface area contributed by atoms with Crippen molar-refractivity contribution in [3.63, 3.8) is 0 Å². The number of rotatable bonds is 4. The number of carbonyl (C=O) groups is 2. The fourth-order valence-corrected chi connectivity index (χ4v) is 6.04. The molecular formula is C25H35N5O4. The van der Waals surface area contributed by atoms with Gasteiger partial charge in [0.25, 0.3) is 0 Å². The highest BCUT2D eigenvalue weighted by molar-refractivity contribution is 6.00. The molecule has 3 aliphatic rings. The lowest BCUT2D eigenvalue weighted by Gasteiger charge is -2.41. The summed E-state index contributed by atoms with van der Waals surface area (Å²) in [7, 11) is 1.73. The molecular weight excluding hydrogens is 434 g/mol. The number of nitrogens with zero attached hydrogens (tertiary/aromatic N) is 3. The van der Waals surface area contributed by atoms with Crippen LogP contribution in [0.1, 0.15) is 68.9 Å². The molecule has 1 aromatic heterocycles. The average Bonchev–Trinajstić information content (AvgIpc) is 3.06. The van der Waals surface area contributed by atoms with Crippen molar-refractivity contribution in [2.75, 3.05) is 19.6 Å². The van der Waals surface area contributed by atoms with E-state index in [2.05, 4.69) is 22.3 Å². The summed E-state index contributed by atoms with van der Waals surface area (Å²) in [6.07, 6.45) is 5.92. The zero-order valence-electron chi connectivity index (χ0n) is 19.8. The number of benzene rings is 1. The number of imide groups is 1. The first-order chi connectivity index (χ1) is 16.2. The van der Waals surface area contributed by atoms with Crippen molar-refractivity contribution in [1.82, 2.24) is 19.4 Å². The zero-order valence-corrected chi connectivity index (χ0v) is 19.8. The average molecular weight is 470 g/mol. The summed E-state index contributed by atoms with van der Waals surface area (Å²) in [6.45, 7) is 2.59. The van der Waals surface area contributed by atoms with Crippen LogP contribution in [-0.4, -0.2) is 62.2 Å². The van der Waals surface area contributed by atoms with Crippen LogP contribution in [0, 0.1) is 0 Å². The summed E-state index contributed by atoms with van der Waals surface area (Å²) in [5, 5.41) is 13.3. The Morgan fingerprint density at radius 2 is 1.76 bits per heavy atom. The van der Waals surface area contributed by atoms with Gasteiger partial charge in [0.05, 0.1) is 16.6 Å². The van der Waals surface area contributed by atoms with Crippen LogP contribution in [0.25, 0.3) is 11.0 Å². The molecule has 0 radical (unpaired) electrons. The van der Waals surface area contributed by atoms with E-state index in [4.69, 9.17) is 5.73 Å². The lowest BCUT2D eigenvalue weighted by Crippen LogP contribution is -2.49. The van der Waals surface area contributed by atoms with Gasteiger partial charge in [-0.1, -0.05) is 6.07 Å². The lowest BCUT2D eigenvalue weighted by molar-refractivity contribution is -0.135. The number of fused-ring (bicyclic) bond motifs is 1. The summed E-state index contributed by atoms with van der Waals surface area (Å²) in [5.41, 5.74) is 7.89. The van der Waals surface area contributed by atoms with E-state index in [9.17, 15) is 19.5 Å². The molecule has 1 aliphatic carbocycles. The van der Waals surface area contributed by atoms with Gasteiger partial charge in [0.2, 0.25) is 11.8 Å². The number of aromatic nitrogens is 2. The number of hydrogen-bond acceptors (Lipinski definition) is 6. The number of nitrogens with one attached hydrogen (secondary N) is 1. The number of β-amino-alcohol motifs (C(OH)–C–C–N with tert-alkyl or cyclic N) is 1. The van der Waals surface area contributed by atoms with Gasteiger partial charge in [-0.3, -0.25) is 24.0 Å². The maximum absolute atomic E-state index is 13.0. The molecule has 1 saturated carbocycles. The first-order valence-corrected chi connectivity index (χ1v) is 12.5. The number of carbonyl (C=O) groups excluding carboxylic acids is 2. The molecule has 2 saturated heterocycles. The van der Waals surface area contributed by atoms with E-state index in [1.165, 1.54) is 10.1 Å². The molecule has 9 heteroatoms. The second kappa shape index (κ2) is 8.94. The zero-order chi connectivity index (χ0) is 24.0. The summed E-state index contributed by atoms with van der Waals surface area (Å²) >= 11 is 0. The van der Waals surface area contributed by atoms with Crippen molar-refractivity contribution in [1.29, 1.82) is 0 Å². The van der Waals surface area contributed by atoms with Gasteiger partial charge in [-0.2, -0.15) is 0 Å². The molecule has 3 heterocycles. The number of likely N-dealkylation sites (tertiary alicyclic amines) is 1. The first-order valence-electron chi connectivity index (χ1n) is 12.5. The summed E-state index contributed by atoms with van der Waals surface area (Å²) in [4.78, 5) is 39.3. The van der Waals surface area contributed by atoms with Crippen LogP contribution < -0.4 is 16.7 Å². The Bertz CT molecular complexity index is 1150. The van der Waals surface area contributed by atoms with Crippen LogP contribution in [0.3, 0.4) is 0 Å². The molecule has 4 N–H and O–H groups in total. The molecule has 34 heavy (non-hydrogen) atoms. The second-order valence-electron chi connectivity index (χ2n) is 10.5. The molecule has 2 amide bonds. The molecule has 1 unspecified atom stereocenters. The van der Waals surface area contributed by atoms with Crippen LogP contribution in [0.4, 0.5) is 0 Å². The van der Waals surface area contributed by atoms with Gasteiger partial charge in [-0.25, -0.2) is 4.79 Å². The van der Waals surface area contributed by atoms with Crippen molar-refractivity contribution in [3.8, 4) is 0 Å². The summed E-state index contributed by atoms with van der Waals surface area (Å²) in [6, 6.07) is 5.65. The van der Waals surface area contributed by atoms with Gasteiger partial charge >= 0.3 is 5.69 Å². The van der Waals surface area contributed by atoms with Gasteiger partial charge in [0.15, 0.2) is 0 Å². The van der Waals surface area contributed by atoms with E-state index in [1.54, 1.807) is 11.6 Å².